The van der Waals surface area contributed by atoms with Gasteiger partial charge in [-0.15, -0.1) is 0 Å². The van der Waals surface area contributed by atoms with Gasteiger partial charge in [0.05, 0.1) is 5.69 Å². The molecule has 3 N–H and O–H groups in total. The zero-order valence-electron chi connectivity index (χ0n) is 11.5. The number of nitrogens with two attached hydrogens (primary N) is 1. The van der Waals surface area contributed by atoms with Gasteiger partial charge in [-0.3, -0.25) is 9.59 Å². The summed E-state index contributed by atoms with van der Waals surface area (Å²) in [5, 5.41) is 2.69. The van der Waals surface area contributed by atoms with E-state index in [0.29, 0.717) is 28.3 Å². The second-order valence-electron chi connectivity index (χ2n) is 4.95. The Labute approximate surface area is 121 Å². The predicted octanol–water partition coefficient (Wildman–Crippen LogP) is 2.14. The van der Waals surface area contributed by atoms with Crippen LogP contribution in [0.4, 0.5) is 11.4 Å². The fourth-order valence-electron chi connectivity index (χ4n) is 2.21. The van der Waals surface area contributed by atoms with Crippen LogP contribution in [0.25, 0.3) is 0 Å². The Hall–Kier alpha value is -2.82. The number of ketones is 1. The minimum atomic E-state index is -0.226. The van der Waals surface area contributed by atoms with Gasteiger partial charge in [0.25, 0.3) is 5.91 Å². The zero-order valence-corrected chi connectivity index (χ0v) is 11.5. The van der Waals surface area contributed by atoms with Gasteiger partial charge < -0.3 is 15.8 Å². The third-order valence-corrected chi connectivity index (χ3v) is 3.41. The van der Waals surface area contributed by atoms with Gasteiger partial charge in [0.1, 0.15) is 5.75 Å². The molecule has 1 amide bonds. The lowest BCUT2D eigenvalue weighted by atomic mass is 10.00. The van der Waals surface area contributed by atoms with Crippen molar-refractivity contribution in [3.8, 4) is 5.75 Å². The number of nitrogens with one attached hydrogen (secondary N) is 1. The number of rotatable bonds is 2. The Morgan fingerprint density at radius 3 is 2.67 bits per heavy atom. The molecule has 5 heteroatoms. The molecule has 0 radical (unpaired) electrons. The maximum absolute atomic E-state index is 12.5. The van der Waals surface area contributed by atoms with Crippen LogP contribution in [0.3, 0.4) is 0 Å². The van der Waals surface area contributed by atoms with Crippen molar-refractivity contribution in [2.75, 3.05) is 17.7 Å². The third-order valence-electron chi connectivity index (χ3n) is 3.41. The van der Waals surface area contributed by atoms with E-state index in [4.69, 9.17) is 10.5 Å². The van der Waals surface area contributed by atoms with Crippen LogP contribution >= 0.6 is 0 Å². The topological polar surface area (TPSA) is 81.4 Å². The van der Waals surface area contributed by atoms with E-state index in [1.807, 2.05) is 6.92 Å². The molecule has 2 aromatic carbocycles. The molecule has 1 heterocycles. The summed E-state index contributed by atoms with van der Waals surface area (Å²) in [7, 11) is 0. The first-order valence-electron chi connectivity index (χ1n) is 6.52. The monoisotopic (exact) mass is 282 g/mol. The van der Waals surface area contributed by atoms with Crippen molar-refractivity contribution in [3.63, 3.8) is 0 Å². The number of carbonyl (C=O) groups excluding carboxylic acids is 2. The van der Waals surface area contributed by atoms with Crippen molar-refractivity contribution < 1.29 is 14.3 Å². The first kappa shape index (κ1) is 13.2. The van der Waals surface area contributed by atoms with Crippen molar-refractivity contribution in [2.24, 2.45) is 0 Å². The molecule has 5 nitrogen and oxygen atoms in total. The fourth-order valence-corrected chi connectivity index (χ4v) is 2.21. The van der Waals surface area contributed by atoms with Crippen LogP contribution < -0.4 is 15.8 Å². The van der Waals surface area contributed by atoms with Gasteiger partial charge in [-0.25, -0.2) is 0 Å². The van der Waals surface area contributed by atoms with E-state index >= 15 is 0 Å². The Morgan fingerprint density at radius 2 is 1.90 bits per heavy atom. The number of fused-ring (bicyclic) bond motifs is 1. The molecule has 0 unspecified atom stereocenters. The van der Waals surface area contributed by atoms with Crippen molar-refractivity contribution in [3.05, 3.63) is 53.1 Å². The summed E-state index contributed by atoms with van der Waals surface area (Å²) in [5.74, 6) is 0.218. The molecule has 0 fully saturated rings. The first-order chi connectivity index (χ1) is 10.0. The molecule has 0 aromatic heterocycles. The summed E-state index contributed by atoms with van der Waals surface area (Å²) in [4.78, 5) is 23.8. The summed E-state index contributed by atoms with van der Waals surface area (Å²) in [6.07, 6.45) is 0. The van der Waals surface area contributed by atoms with E-state index in [-0.39, 0.29) is 18.3 Å². The van der Waals surface area contributed by atoms with Crippen LogP contribution in [-0.4, -0.2) is 18.3 Å². The molecule has 2 aromatic rings. The lowest BCUT2D eigenvalue weighted by Crippen LogP contribution is -2.25. The number of amides is 1. The van der Waals surface area contributed by atoms with Crippen LogP contribution in [0.5, 0.6) is 5.75 Å². The van der Waals surface area contributed by atoms with Gasteiger partial charge in [0, 0.05) is 16.8 Å². The molecule has 106 valence electrons. The molecule has 1 aliphatic rings. The molecule has 21 heavy (non-hydrogen) atoms. The Balaban J connectivity index is 1.96. The van der Waals surface area contributed by atoms with Gasteiger partial charge in [-0.1, -0.05) is 0 Å². The van der Waals surface area contributed by atoms with E-state index in [1.54, 1.807) is 36.4 Å². The van der Waals surface area contributed by atoms with Crippen molar-refractivity contribution >= 4 is 23.1 Å². The molecule has 0 atom stereocenters. The highest BCUT2D eigenvalue weighted by molar-refractivity contribution is 6.10. The summed E-state index contributed by atoms with van der Waals surface area (Å²) in [6, 6.07) is 10.2. The van der Waals surface area contributed by atoms with Crippen molar-refractivity contribution in [1.82, 2.24) is 0 Å². The highest BCUT2D eigenvalue weighted by Crippen LogP contribution is 2.29. The number of aryl methyl sites for hydroxylation is 1. The molecule has 0 saturated heterocycles. The summed E-state index contributed by atoms with van der Waals surface area (Å²) in [5.41, 5.74) is 8.83. The van der Waals surface area contributed by atoms with Gasteiger partial charge in [0.15, 0.2) is 12.4 Å². The molecule has 3 rings (SSSR count). The fraction of sp³-hybridized carbons (Fsp3) is 0.125. The number of hydrogen-bond donors (Lipinski definition) is 2. The SMILES string of the molecule is Cc1cc(C(=O)c2ccc3c(c2)NC(=O)CO3)ccc1N. The van der Waals surface area contributed by atoms with E-state index < -0.39 is 0 Å². The highest BCUT2D eigenvalue weighted by Gasteiger charge is 2.18. The minimum Gasteiger partial charge on any atom is -0.482 e. The molecular formula is C16H14N2O3. The Kier molecular flexibility index (Phi) is 3.10. The van der Waals surface area contributed by atoms with Crippen LogP contribution in [0, 0.1) is 6.92 Å². The highest BCUT2D eigenvalue weighted by atomic mass is 16.5. The maximum atomic E-state index is 12.5. The number of hydrogen-bond acceptors (Lipinski definition) is 4. The van der Waals surface area contributed by atoms with Gasteiger partial charge in [0.2, 0.25) is 0 Å². The molecule has 1 aliphatic heterocycles. The maximum Gasteiger partial charge on any atom is 0.262 e. The number of benzene rings is 2. The quantitative estimate of drug-likeness (QED) is 0.653. The van der Waals surface area contributed by atoms with Gasteiger partial charge in [-0.05, 0) is 48.9 Å². The average Bonchev–Trinajstić information content (AvgIpc) is 2.48. The minimum absolute atomic E-state index is 0.00253. The normalized spacial score (nSPS) is 13.1. The lowest BCUT2D eigenvalue weighted by Gasteiger charge is -2.18. The van der Waals surface area contributed by atoms with Crippen LogP contribution in [-0.2, 0) is 4.79 Å². The Bertz CT molecular complexity index is 753. The van der Waals surface area contributed by atoms with E-state index in [2.05, 4.69) is 5.32 Å². The van der Waals surface area contributed by atoms with Crippen molar-refractivity contribution in [1.29, 1.82) is 0 Å². The number of carbonyl (C=O) groups is 2. The van der Waals surface area contributed by atoms with Crippen LogP contribution in [0.2, 0.25) is 0 Å². The number of ether oxygens (including phenoxy) is 1. The molecular weight excluding hydrogens is 268 g/mol. The summed E-state index contributed by atoms with van der Waals surface area (Å²) in [6.45, 7) is 1.85. The van der Waals surface area contributed by atoms with E-state index in [0.717, 1.165) is 5.56 Å². The molecule has 0 saturated carbocycles. The standard InChI is InChI=1S/C16H14N2O3/c1-9-6-10(2-4-12(9)17)16(20)11-3-5-14-13(7-11)18-15(19)8-21-14/h2-7H,8,17H2,1H3,(H,18,19). The summed E-state index contributed by atoms with van der Waals surface area (Å²) >= 11 is 0. The number of anilines is 2. The van der Waals surface area contributed by atoms with Crippen LogP contribution in [0.1, 0.15) is 21.5 Å². The molecule has 0 spiro atoms. The predicted molar refractivity (Wildman–Crippen MR) is 79.6 cm³/mol. The average molecular weight is 282 g/mol. The second-order valence-corrected chi connectivity index (χ2v) is 4.95. The molecule has 0 aliphatic carbocycles. The first-order valence-corrected chi connectivity index (χ1v) is 6.52. The van der Waals surface area contributed by atoms with Gasteiger partial charge >= 0.3 is 0 Å². The number of nitrogen functional groups attached to an aromatic ring is 1. The van der Waals surface area contributed by atoms with E-state index in [9.17, 15) is 9.59 Å². The second kappa shape index (κ2) is 4.94. The van der Waals surface area contributed by atoms with Crippen molar-refractivity contribution in [2.45, 2.75) is 6.92 Å². The smallest absolute Gasteiger partial charge is 0.262 e. The Morgan fingerprint density at radius 1 is 1.19 bits per heavy atom. The van der Waals surface area contributed by atoms with E-state index in [1.165, 1.54) is 0 Å². The van der Waals surface area contributed by atoms with Crippen LogP contribution in [0.15, 0.2) is 36.4 Å². The lowest BCUT2D eigenvalue weighted by molar-refractivity contribution is -0.118. The van der Waals surface area contributed by atoms with Gasteiger partial charge in [-0.2, -0.15) is 0 Å². The zero-order chi connectivity index (χ0) is 15.0. The third kappa shape index (κ3) is 2.45. The molecule has 0 bridgehead atoms. The summed E-state index contributed by atoms with van der Waals surface area (Å²) < 4.78 is 5.27. The largest absolute Gasteiger partial charge is 0.482 e.